The average Bonchev–Trinajstić information content (AvgIpc) is 2.62. The Balaban J connectivity index is 2.91. The number of phenolic OH excluding ortho intramolecular Hbond substituents is 1. The van der Waals surface area contributed by atoms with Crippen LogP contribution < -0.4 is 5.73 Å². The number of aromatic amines is 1. The van der Waals surface area contributed by atoms with Gasteiger partial charge in [0.25, 0.3) is 0 Å². The molecule has 0 radical (unpaired) electrons. The molecule has 16 heavy (non-hydrogen) atoms. The van der Waals surface area contributed by atoms with Gasteiger partial charge < -0.3 is 15.8 Å². The molecule has 4 N–H and O–H groups in total. The number of aromatic nitrogens is 1. The van der Waals surface area contributed by atoms with E-state index in [-0.39, 0.29) is 17.4 Å². The van der Waals surface area contributed by atoms with Crippen molar-refractivity contribution < 1.29 is 5.11 Å². The lowest BCUT2D eigenvalue weighted by molar-refractivity contribution is 0.478. The highest BCUT2D eigenvalue weighted by Crippen LogP contribution is 2.35. The number of anilines is 1. The Kier molecular flexibility index (Phi) is 2.24. The lowest BCUT2D eigenvalue weighted by Crippen LogP contribution is -1.91. The van der Waals surface area contributed by atoms with E-state index in [0.29, 0.717) is 10.9 Å². The second-order valence-electron chi connectivity index (χ2n) is 4.10. The van der Waals surface area contributed by atoms with Crippen molar-refractivity contribution in [3.63, 3.8) is 0 Å². The van der Waals surface area contributed by atoms with Crippen molar-refractivity contribution in [2.45, 2.75) is 19.8 Å². The predicted octanol–water partition coefficient (Wildman–Crippen LogP) is 2.45. The molecule has 0 spiro atoms. The fraction of sp³-hybridized carbons (Fsp3) is 0.250. The minimum atomic E-state index is 0.0123. The van der Waals surface area contributed by atoms with Crippen LogP contribution in [0.1, 0.15) is 31.0 Å². The first-order valence-corrected chi connectivity index (χ1v) is 5.09. The molecule has 4 nitrogen and oxygen atoms in total. The lowest BCUT2D eigenvalue weighted by Gasteiger charge is -2.01. The monoisotopic (exact) mass is 215 g/mol. The number of phenols is 1. The largest absolute Gasteiger partial charge is 0.506 e. The third-order valence-electron chi connectivity index (χ3n) is 2.70. The van der Waals surface area contributed by atoms with Gasteiger partial charge in [0.15, 0.2) is 0 Å². The standard InChI is InChI=1S/C12H13N3O/c1-6(2)12-7(5-13)10-8(15-12)3-4-9(16)11(10)14/h3-4,6,15-16H,14H2,1-2H3. The van der Waals surface area contributed by atoms with Crippen molar-refractivity contribution in [1.29, 1.82) is 5.26 Å². The second kappa shape index (κ2) is 3.46. The summed E-state index contributed by atoms with van der Waals surface area (Å²) in [7, 11) is 0. The number of nitrogen functional groups attached to an aromatic ring is 1. The molecule has 0 atom stereocenters. The van der Waals surface area contributed by atoms with Crippen molar-refractivity contribution >= 4 is 16.6 Å². The van der Waals surface area contributed by atoms with E-state index in [1.165, 1.54) is 6.07 Å². The van der Waals surface area contributed by atoms with Gasteiger partial charge in [-0.15, -0.1) is 0 Å². The van der Waals surface area contributed by atoms with Crippen LogP contribution in [0.25, 0.3) is 10.9 Å². The van der Waals surface area contributed by atoms with Crippen LogP contribution in [0.15, 0.2) is 12.1 Å². The summed E-state index contributed by atoms with van der Waals surface area (Å²) in [6.45, 7) is 4.00. The lowest BCUT2D eigenvalue weighted by atomic mass is 10.0. The van der Waals surface area contributed by atoms with Crippen LogP contribution in [0.5, 0.6) is 5.75 Å². The van der Waals surface area contributed by atoms with Gasteiger partial charge in [-0.1, -0.05) is 13.8 Å². The second-order valence-corrected chi connectivity index (χ2v) is 4.10. The molecule has 2 aromatic rings. The molecule has 1 aromatic carbocycles. The molecule has 4 heteroatoms. The molecule has 0 amide bonds. The molecule has 0 saturated carbocycles. The van der Waals surface area contributed by atoms with Crippen molar-refractivity contribution in [3.05, 3.63) is 23.4 Å². The molecule has 1 aromatic heterocycles. The summed E-state index contributed by atoms with van der Waals surface area (Å²) in [5, 5.41) is 19.3. The number of rotatable bonds is 1. The highest BCUT2D eigenvalue weighted by atomic mass is 16.3. The number of benzene rings is 1. The van der Waals surface area contributed by atoms with Gasteiger partial charge >= 0.3 is 0 Å². The molecular formula is C12H13N3O. The number of hydrogen-bond acceptors (Lipinski definition) is 3. The van der Waals surface area contributed by atoms with Gasteiger partial charge in [0.1, 0.15) is 11.8 Å². The van der Waals surface area contributed by atoms with E-state index in [2.05, 4.69) is 11.1 Å². The normalized spacial score (nSPS) is 10.9. The Labute approximate surface area is 93.3 Å². The SMILES string of the molecule is CC(C)c1[nH]c2ccc(O)c(N)c2c1C#N. The molecule has 82 valence electrons. The fourth-order valence-corrected chi connectivity index (χ4v) is 1.87. The quantitative estimate of drug-likeness (QED) is 0.504. The Hall–Kier alpha value is -2.15. The molecular weight excluding hydrogens is 202 g/mol. The average molecular weight is 215 g/mol. The van der Waals surface area contributed by atoms with Crippen LogP contribution in [0, 0.1) is 11.3 Å². The molecule has 0 bridgehead atoms. The molecule has 0 fully saturated rings. The summed E-state index contributed by atoms with van der Waals surface area (Å²) in [5.74, 6) is 0.224. The molecule has 0 unspecified atom stereocenters. The zero-order chi connectivity index (χ0) is 11.9. The van der Waals surface area contributed by atoms with E-state index >= 15 is 0 Å². The fourth-order valence-electron chi connectivity index (χ4n) is 1.87. The molecule has 2 rings (SSSR count). The summed E-state index contributed by atoms with van der Waals surface area (Å²) in [5.41, 5.74) is 8.22. The van der Waals surface area contributed by atoms with Crippen LogP contribution in [0.2, 0.25) is 0 Å². The first-order chi connectivity index (χ1) is 7.56. The van der Waals surface area contributed by atoms with E-state index < -0.39 is 0 Å². The smallest absolute Gasteiger partial charge is 0.139 e. The number of aromatic hydroxyl groups is 1. The first kappa shape index (κ1) is 10.4. The van der Waals surface area contributed by atoms with E-state index in [9.17, 15) is 5.11 Å². The van der Waals surface area contributed by atoms with Gasteiger partial charge in [0, 0.05) is 16.6 Å². The van der Waals surface area contributed by atoms with Gasteiger partial charge in [-0.05, 0) is 18.1 Å². The van der Waals surface area contributed by atoms with Gasteiger partial charge in [-0.2, -0.15) is 5.26 Å². The molecule has 0 aliphatic heterocycles. The van der Waals surface area contributed by atoms with Gasteiger partial charge in [-0.3, -0.25) is 0 Å². The zero-order valence-electron chi connectivity index (χ0n) is 9.20. The van der Waals surface area contributed by atoms with Crippen molar-refractivity contribution in [1.82, 2.24) is 4.98 Å². The minimum Gasteiger partial charge on any atom is -0.506 e. The van der Waals surface area contributed by atoms with Gasteiger partial charge in [0.05, 0.1) is 11.3 Å². The van der Waals surface area contributed by atoms with Crippen LogP contribution in [-0.2, 0) is 0 Å². The number of nitrogens with two attached hydrogens (primary N) is 1. The summed E-state index contributed by atoms with van der Waals surface area (Å²) < 4.78 is 0. The zero-order valence-corrected chi connectivity index (χ0v) is 9.20. The van der Waals surface area contributed by atoms with Crippen molar-refractivity contribution in [3.8, 4) is 11.8 Å². The molecule has 0 aliphatic carbocycles. The predicted molar refractivity (Wildman–Crippen MR) is 63.2 cm³/mol. The first-order valence-electron chi connectivity index (χ1n) is 5.09. The maximum absolute atomic E-state index is 9.54. The minimum absolute atomic E-state index is 0.0123. The highest BCUT2D eigenvalue weighted by molar-refractivity contribution is 5.99. The molecule has 0 aliphatic rings. The van der Waals surface area contributed by atoms with E-state index in [1.54, 1.807) is 6.07 Å². The Morgan fingerprint density at radius 3 is 2.69 bits per heavy atom. The summed E-state index contributed by atoms with van der Waals surface area (Å²) in [6, 6.07) is 5.40. The number of fused-ring (bicyclic) bond motifs is 1. The Bertz CT molecular complexity index is 590. The van der Waals surface area contributed by atoms with Crippen molar-refractivity contribution in [2.24, 2.45) is 0 Å². The number of hydrogen-bond donors (Lipinski definition) is 3. The summed E-state index contributed by atoms with van der Waals surface area (Å²) in [6.07, 6.45) is 0. The van der Waals surface area contributed by atoms with E-state index in [1.807, 2.05) is 13.8 Å². The summed E-state index contributed by atoms with van der Waals surface area (Å²) >= 11 is 0. The number of nitriles is 1. The third kappa shape index (κ3) is 1.29. The Morgan fingerprint density at radius 2 is 2.12 bits per heavy atom. The van der Waals surface area contributed by atoms with E-state index in [4.69, 9.17) is 11.0 Å². The van der Waals surface area contributed by atoms with Crippen LogP contribution >= 0.6 is 0 Å². The highest BCUT2D eigenvalue weighted by Gasteiger charge is 2.17. The number of nitrogens with zero attached hydrogens (tertiary/aromatic N) is 1. The van der Waals surface area contributed by atoms with Crippen LogP contribution in [0.4, 0.5) is 5.69 Å². The molecule has 0 saturated heterocycles. The summed E-state index contributed by atoms with van der Waals surface area (Å²) in [4.78, 5) is 3.17. The number of H-pyrrole nitrogens is 1. The van der Waals surface area contributed by atoms with Crippen LogP contribution in [-0.4, -0.2) is 10.1 Å². The Morgan fingerprint density at radius 1 is 1.44 bits per heavy atom. The topological polar surface area (TPSA) is 85.8 Å². The third-order valence-corrected chi connectivity index (χ3v) is 2.70. The maximum atomic E-state index is 9.54. The van der Waals surface area contributed by atoms with Crippen LogP contribution in [0.3, 0.4) is 0 Å². The van der Waals surface area contributed by atoms with Gasteiger partial charge in [0.2, 0.25) is 0 Å². The number of nitrogens with one attached hydrogen (secondary N) is 1. The van der Waals surface area contributed by atoms with Gasteiger partial charge in [-0.25, -0.2) is 0 Å². The van der Waals surface area contributed by atoms with Crippen molar-refractivity contribution in [2.75, 3.05) is 5.73 Å². The van der Waals surface area contributed by atoms with E-state index in [0.717, 1.165) is 11.2 Å². The maximum Gasteiger partial charge on any atom is 0.139 e. The molecule has 1 heterocycles.